The van der Waals surface area contributed by atoms with Crippen LogP contribution in [0.5, 0.6) is 0 Å². The second-order valence-corrected chi connectivity index (χ2v) is 2.10. The van der Waals surface area contributed by atoms with Gasteiger partial charge in [-0.3, -0.25) is 4.63 Å². The summed E-state index contributed by atoms with van der Waals surface area (Å²) in [6.45, 7) is 1.55. The fourth-order valence-corrected chi connectivity index (χ4v) is 0.756. The first-order chi connectivity index (χ1) is 5.79. The molecule has 12 heavy (non-hydrogen) atoms. The van der Waals surface area contributed by atoms with Crippen molar-refractivity contribution in [3.05, 3.63) is 10.9 Å². The Morgan fingerprint density at radius 3 is 2.92 bits per heavy atom. The van der Waals surface area contributed by atoms with Gasteiger partial charge in [0.1, 0.15) is 0 Å². The lowest BCUT2D eigenvalue weighted by Crippen LogP contribution is -2.25. The van der Waals surface area contributed by atoms with Crippen LogP contribution in [0.3, 0.4) is 0 Å². The lowest BCUT2D eigenvalue weighted by Gasteiger charge is -1.83. The van der Waals surface area contributed by atoms with Gasteiger partial charge in [0.15, 0.2) is 0 Å². The molecule has 2 aromatic rings. The Kier molecular flexibility index (Phi) is 1.26. The zero-order chi connectivity index (χ0) is 8.55. The zero-order valence-electron chi connectivity index (χ0n) is 6.05. The average Bonchev–Trinajstić information content (AvgIpc) is 2.64. The SMILES string of the molecule is Cc1c(-c2nn[nH]n2)no[n+]1[O-]. The van der Waals surface area contributed by atoms with Crippen molar-refractivity contribution in [2.45, 2.75) is 6.92 Å². The van der Waals surface area contributed by atoms with E-state index in [1.54, 1.807) is 6.92 Å². The van der Waals surface area contributed by atoms with Crippen LogP contribution in [0.1, 0.15) is 5.69 Å². The standard InChI is InChI=1S/C4H4N6O2/c1-2-3(7-12-10(2)11)4-5-8-9-6-4/h1H3,(H,5,6,8,9). The third-order valence-corrected chi connectivity index (χ3v) is 1.38. The highest BCUT2D eigenvalue weighted by Gasteiger charge is 2.20. The smallest absolute Gasteiger partial charge is 0.291 e. The molecule has 0 amide bonds. The van der Waals surface area contributed by atoms with Crippen LogP contribution in [0, 0.1) is 12.1 Å². The van der Waals surface area contributed by atoms with E-state index in [0.717, 1.165) is 0 Å². The van der Waals surface area contributed by atoms with Crippen molar-refractivity contribution < 1.29 is 9.53 Å². The van der Waals surface area contributed by atoms with Crippen LogP contribution in [-0.2, 0) is 0 Å². The summed E-state index contributed by atoms with van der Waals surface area (Å²) in [4.78, 5) is 0.283. The number of nitrogens with one attached hydrogen (secondary N) is 1. The van der Waals surface area contributed by atoms with Gasteiger partial charge in [0.25, 0.3) is 11.5 Å². The number of hydrogen-bond donors (Lipinski definition) is 1. The molecule has 0 radical (unpaired) electrons. The first kappa shape index (κ1) is 6.70. The highest BCUT2D eigenvalue weighted by atomic mass is 16.8. The first-order valence-electron chi connectivity index (χ1n) is 3.09. The minimum absolute atomic E-state index is 0.242. The van der Waals surface area contributed by atoms with Crippen molar-refractivity contribution in [2.75, 3.05) is 0 Å². The molecular formula is C4H4N6O2. The van der Waals surface area contributed by atoms with Crippen molar-refractivity contribution in [2.24, 2.45) is 0 Å². The van der Waals surface area contributed by atoms with Crippen LogP contribution >= 0.6 is 0 Å². The van der Waals surface area contributed by atoms with Crippen LogP contribution in [0.2, 0.25) is 0 Å². The Hall–Kier alpha value is -1.99. The Bertz CT molecular complexity index is 378. The third kappa shape index (κ3) is 0.813. The van der Waals surface area contributed by atoms with Gasteiger partial charge in [-0.1, -0.05) is 0 Å². The molecular weight excluding hydrogens is 164 g/mol. The molecule has 8 nitrogen and oxygen atoms in total. The molecule has 0 saturated heterocycles. The van der Waals surface area contributed by atoms with Crippen molar-refractivity contribution in [1.82, 2.24) is 25.8 Å². The molecule has 2 heterocycles. The maximum absolute atomic E-state index is 10.7. The van der Waals surface area contributed by atoms with E-state index in [-0.39, 0.29) is 10.7 Å². The van der Waals surface area contributed by atoms with Gasteiger partial charge in [-0.2, -0.15) is 5.21 Å². The molecule has 0 aliphatic rings. The Morgan fingerprint density at radius 2 is 2.42 bits per heavy atom. The van der Waals surface area contributed by atoms with Crippen LogP contribution in [0.4, 0.5) is 0 Å². The number of aromatic amines is 1. The minimum atomic E-state index is 0.242. The van der Waals surface area contributed by atoms with Crippen LogP contribution < -0.4 is 4.90 Å². The molecule has 0 spiro atoms. The van der Waals surface area contributed by atoms with Crippen molar-refractivity contribution in [3.8, 4) is 11.5 Å². The first-order valence-corrected chi connectivity index (χ1v) is 3.09. The molecule has 62 valence electrons. The van der Waals surface area contributed by atoms with Crippen molar-refractivity contribution >= 4 is 0 Å². The maximum Gasteiger partial charge on any atom is 0.291 e. The number of hydrogen-bond acceptors (Lipinski definition) is 6. The topological polar surface area (TPSA) is 107 Å². The number of nitrogens with zero attached hydrogens (tertiary/aromatic N) is 5. The van der Waals surface area contributed by atoms with Crippen molar-refractivity contribution in [1.29, 1.82) is 0 Å². The summed E-state index contributed by atoms with van der Waals surface area (Å²) in [7, 11) is 0. The number of H-pyrrole nitrogens is 1. The van der Waals surface area contributed by atoms with E-state index >= 15 is 0 Å². The summed E-state index contributed by atoms with van der Waals surface area (Å²) >= 11 is 0. The third-order valence-electron chi connectivity index (χ3n) is 1.38. The van der Waals surface area contributed by atoms with Gasteiger partial charge >= 0.3 is 0 Å². The van der Waals surface area contributed by atoms with E-state index in [1.807, 2.05) is 0 Å². The minimum Gasteiger partial charge on any atom is -0.359 e. The summed E-state index contributed by atoms with van der Waals surface area (Å²) < 4.78 is 4.31. The fraction of sp³-hybridized carbons (Fsp3) is 0.250. The van der Waals surface area contributed by atoms with Gasteiger partial charge in [0.05, 0.1) is 5.16 Å². The molecule has 0 aliphatic carbocycles. The summed E-state index contributed by atoms with van der Waals surface area (Å²) in [5.41, 5.74) is 0.593. The van der Waals surface area contributed by atoms with Gasteiger partial charge in [-0.15, -0.1) is 10.2 Å². The molecule has 2 rings (SSSR count). The van der Waals surface area contributed by atoms with E-state index in [1.165, 1.54) is 0 Å². The van der Waals surface area contributed by atoms with E-state index in [0.29, 0.717) is 11.4 Å². The average molecular weight is 168 g/mol. The molecule has 0 aliphatic heterocycles. The molecule has 0 atom stereocenters. The monoisotopic (exact) mass is 168 g/mol. The summed E-state index contributed by atoms with van der Waals surface area (Å²) in [5, 5.41) is 27.0. The summed E-state index contributed by atoms with van der Waals surface area (Å²) in [6.07, 6.45) is 0. The second kappa shape index (κ2) is 2.26. The predicted molar refractivity (Wildman–Crippen MR) is 33.4 cm³/mol. The van der Waals surface area contributed by atoms with E-state index in [2.05, 4.69) is 30.4 Å². The molecule has 8 heteroatoms. The van der Waals surface area contributed by atoms with Crippen molar-refractivity contribution in [3.63, 3.8) is 0 Å². The Balaban J connectivity index is 2.55. The van der Waals surface area contributed by atoms with E-state index < -0.39 is 0 Å². The number of tetrazole rings is 1. The molecule has 0 aromatic carbocycles. The van der Waals surface area contributed by atoms with Gasteiger partial charge in [-0.25, -0.2) is 0 Å². The Morgan fingerprint density at radius 1 is 1.58 bits per heavy atom. The lowest BCUT2D eigenvalue weighted by molar-refractivity contribution is -0.806. The molecule has 0 unspecified atom stereocenters. The highest BCUT2D eigenvalue weighted by molar-refractivity contribution is 5.47. The zero-order valence-corrected chi connectivity index (χ0v) is 6.05. The largest absolute Gasteiger partial charge is 0.359 e. The summed E-state index contributed by atoms with van der Waals surface area (Å²) in [5.74, 6) is 0.242. The van der Waals surface area contributed by atoms with Crippen LogP contribution in [0.15, 0.2) is 4.63 Å². The van der Waals surface area contributed by atoms with Gasteiger partial charge in [0.2, 0.25) is 5.69 Å². The quantitative estimate of drug-likeness (QED) is 0.535. The number of aromatic nitrogens is 6. The lowest BCUT2D eigenvalue weighted by atomic mass is 10.3. The normalized spacial score (nSPS) is 10.4. The molecule has 0 bridgehead atoms. The van der Waals surface area contributed by atoms with Gasteiger partial charge in [-0.05, 0) is 10.1 Å². The fourth-order valence-electron chi connectivity index (χ4n) is 0.756. The summed E-state index contributed by atoms with van der Waals surface area (Å²) in [6, 6.07) is 0. The van der Waals surface area contributed by atoms with Crippen LogP contribution in [0.25, 0.3) is 11.5 Å². The number of rotatable bonds is 1. The van der Waals surface area contributed by atoms with E-state index in [9.17, 15) is 5.21 Å². The molecule has 2 aromatic heterocycles. The molecule has 0 fully saturated rings. The van der Waals surface area contributed by atoms with E-state index in [4.69, 9.17) is 0 Å². The van der Waals surface area contributed by atoms with Gasteiger partial charge in [0, 0.05) is 6.92 Å². The Labute approximate surface area is 65.7 Å². The second-order valence-electron chi connectivity index (χ2n) is 2.10. The highest BCUT2D eigenvalue weighted by Crippen LogP contribution is 2.10. The molecule has 1 N–H and O–H groups in total. The maximum atomic E-state index is 10.7. The molecule has 0 saturated carbocycles. The van der Waals surface area contributed by atoms with Gasteiger partial charge < -0.3 is 5.21 Å². The predicted octanol–water partition coefficient (Wildman–Crippen LogP) is -1.20. The van der Waals surface area contributed by atoms with Crippen LogP contribution in [-0.4, -0.2) is 25.8 Å².